The van der Waals surface area contributed by atoms with Gasteiger partial charge in [-0.3, -0.25) is 9.59 Å². The lowest BCUT2D eigenvalue weighted by molar-refractivity contribution is -0.141. The number of aliphatic carboxylic acids is 1. The van der Waals surface area contributed by atoms with E-state index in [4.69, 9.17) is 13.0 Å². The number of carboxylic acids is 1. The minimum Gasteiger partial charge on any atom is -0.481 e. The Bertz CT molecular complexity index is 184. The molecule has 72 valence electrons. The monoisotopic (exact) mass is 183 g/mol. The van der Waals surface area contributed by atoms with Gasteiger partial charge in [0.25, 0.3) is 0 Å². The summed E-state index contributed by atoms with van der Waals surface area (Å²) in [6, 6.07) is 0. The highest BCUT2D eigenvalue weighted by Crippen LogP contribution is 2.06. The van der Waals surface area contributed by atoms with E-state index in [1.165, 1.54) is 0 Å². The number of amides is 1. The van der Waals surface area contributed by atoms with E-state index < -0.39 is 11.8 Å². The summed E-state index contributed by atoms with van der Waals surface area (Å²) in [5.41, 5.74) is 0. The molecule has 1 atom stereocenters. The van der Waals surface area contributed by atoms with Crippen LogP contribution in [0, 0.1) is 5.92 Å². The molecule has 0 bridgehead atoms. The Kier molecular flexibility index (Phi) is 6.01. The van der Waals surface area contributed by atoms with Crippen molar-refractivity contribution in [1.29, 1.82) is 0 Å². The fraction of sp³-hybridized carbons (Fsp3) is 0.750. The van der Waals surface area contributed by atoms with Gasteiger partial charge < -0.3 is 10.4 Å². The summed E-state index contributed by atoms with van der Waals surface area (Å²) in [4.78, 5) is 20.6. The lowest BCUT2D eigenvalue weighted by atomic mass is 10.0. The highest BCUT2D eigenvalue weighted by atomic mass is 16.4. The summed E-state index contributed by atoms with van der Waals surface area (Å²) in [6.07, 6.45) is 2.18. The number of nitrogens with one attached hydrogen (secondary N) is 1. The van der Waals surface area contributed by atoms with Gasteiger partial charge in [0.15, 0.2) is 13.7 Å². The fourth-order valence-electron chi connectivity index (χ4n) is 0.911. The number of carbonyl (C=O) groups excluding carboxylic acids is 1. The third-order valence-electron chi connectivity index (χ3n) is 1.78. The van der Waals surface area contributed by atoms with E-state index in [9.17, 15) is 9.59 Å². The van der Waals surface area contributed by atoms with Crippen molar-refractivity contribution >= 4 is 19.6 Å². The molecule has 0 aliphatic heterocycles. The highest BCUT2D eigenvalue weighted by molar-refractivity contribution is 6.57. The third kappa shape index (κ3) is 7.37. The Morgan fingerprint density at radius 1 is 1.46 bits per heavy atom. The van der Waals surface area contributed by atoms with Crippen LogP contribution in [0.3, 0.4) is 0 Å². The van der Waals surface area contributed by atoms with Crippen LogP contribution in [0.15, 0.2) is 0 Å². The van der Waals surface area contributed by atoms with Gasteiger partial charge in [-0.15, -0.1) is 0 Å². The Hall–Kier alpha value is -0.995. The summed E-state index contributed by atoms with van der Waals surface area (Å²) in [6.45, 7) is 2.19. The van der Waals surface area contributed by atoms with Crippen LogP contribution in [0.1, 0.15) is 26.2 Å². The maximum Gasteiger partial charge on any atom is 0.306 e. The second kappa shape index (κ2) is 6.51. The maximum absolute atomic E-state index is 10.4. The van der Waals surface area contributed by atoms with Crippen LogP contribution in [0.4, 0.5) is 4.79 Å². The molecule has 13 heavy (non-hydrogen) atoms. The topological polar surface area (TPSA) is 66.4 Å². The molecule has 0 aliphatic carbocycles. The molecule has 0 heterocycles. The molecule has 2 radical (unpaired) electrons. The van der Waals surface area contributed by atoms with Gasteiger partial charge in [0.05, 0.1) is 5.92 Å². The largest absolute Gasteiger partial charge is 0.481 e. The molecule has 0 aromatic heterocycles. The Morgan fingerprint density at radius 3 is 2.54 bits per heavy atom. The molecule has 0 aromatic rings. The van der Waals surface area contributed by atoms with Crippen molar-refractivity contribution in [2.45, 2.75) is 26.2 Å². The van der Waals surface area contributed by atoms with Crippen molar-refractivity contribution in [3.05, 3.63) is 0 Å². The molecular formula is C8H14BNO3. The zero-order valence-corrected chi connectivity index (χ0v) is 7.75. The molecule has 0 spiro atoms. The van der Waals surface area contributed by atoms with Crippen molar-refractivity contribution in [3.63, 3.8) is 0 Å². The molecule has 0 rings (SSSR count). The van der Waals surface area contributed by atoms with Crippen LogP contribution in [-0.2, 0) is 4.79 Å². The first-order chi connectivity index (χ1) is 6.04. The number of hydrogen-bond donors (Lipinski definition) is 2. The van der Waals surface area contributed by atoms with E-state index in [-0.39, 0.29) is 5.92 Å². The Labute approximate surface area is 79.1 Å². The number of rotatable bonds is 6. The average Bonchev–Trinajstić information content (AvgIpc) is 2.02. The first-order valence-corrected chi connectivity index (χ1v) is 4.30. The number of carbonyl (C=O) groups is 2. The zero-order valence-electron chi connectivity index (χ0n) is 7.75. The standard InChI is InChI=1S/C8H14BNO3/c1-6(7(11)12)4-2-3-5-10-8(9)13/h6H,2-5H2,1H3,(H,10,13)(H,11,12)/t6-/m0/s1. The molecule has 1 amide bonds. The van der Waals surface area contributed by atoms with Gasteiger partial charge in [-0.25, -0.2) is 0 Å². The minimum atomic E-state index is -0.775. The van der Waals surface area contributed by atoms with E-state index in [0.717, 1.165) is 12.8 Å². The minimum absolute atomic E-state index is 0.312. The van der Waals surface area contributed by atoms with E-state index in [1.807, 2.05) is 0 Å². The van der Waals surface area contributed by atoms with Gasteiger partial charge >= 0.3 is 5.97 Å². The predicted molar refractivity (Wildman–Crippen MR) is 49.8 cm³/mol. The van der Waals surface area contributed by atoms with Crippen LogP contribution >= 0.6 is 0 Å². The SMILES string of the molecule is [B]C(=O)NCCCC[C@H](C)C(=O)O. The molecule has 0 aliphatic rings. The van der Waals surface area contributed by atoms with Crippen molar-refractivity contribution in [1.82, 2.24) is 5.32 Å². The predicted octanol–water partition coefficient (Wildman–Crippen LogP) is 0.756. The van der Waals surface area contributed by atoms with Crippen LogP contribution in [0.2, 0.25) is 0 Å². The molecule has 0 unspecified atom stereocenters. The highest BCUT2D eigenvalue weighted by Gasteiger charge is 2.09. The molecule has 4 nitrogen and oxygen atoms in total. The summed E-state index contributed by atoms with van der Waals surface area (Å²) in [5.74, 6) is -1.62. The van der Waals surface area contributed by atoms with E-state index in [2.05, 4.69) is 5.32 Å². The Morgan fingerprint density at radius 2 is 2.08 bits per heavy atom. The van der Waals surface area contributed by atoms with E-state index in [0.29, 0.717) is 13.0 Å². The van der Waals surface area contributed by atoms with Crippen LogP contribution < -0.4 is 5.32 Å². The number of unbranched alkanes of at least 4 members (excludes halogenated alkanes) is 1. The average molecular weight is 183 g/mol. The summed E-state index contributed by atoms with van der Waals surface area (Å²) < 4.78 is 0. The van der Waals surface area contributed by atoms with Crippen molar-refractivity contribution in [3.8, 4) is 0 Å². The van der Waals surface area contributed by atoms with Crippen LogP contribution in [0.5, 0.6) is 0 Å². The molecule has 5 heteroatoms. The van der Waals surface area contributed by atoms with Crippen molar-refractivity contribution in [2.75, 3.05) is 6.54 Å². The van der Waals surface area contributed by atoms with Gasteiger partial charge in [0.2, 0.25) is 0 Å². The second-order valence-electron chi connectivity index (χ2n) is 3.03. The second-order valence-corrected chi connectivity index (χ2v) is 3.03. The molecule has 0 saturated heterocycles. The van der Waals surface area contributed by atoms with Crippen molar-refractivity contribution in [2.24, 2.45) is 5.92 Å². The lowest BCUT2D eigenvalue weighted by Crippen LogP contribution is -2.22. The van der Waals surface area contributed by atoms with Gasteiger partial charge in [-0.05, 0) is 12.8 Å². The number of hydrogen-bond acceptors (Lipinski definition) is 2. The Balaban J connectivity index is 3.26. The molecule has 2 N–H and O–H groups in total. The zero-order chi connectivity index (χ0) is 10.3. The van der Waals surface area contributed by atoms with E-state index >= 15 is 0 Å². The molecular weight excluding hydrogens is 169 g/mol. The smallest absolute Gasteiger partial charge is 0.306 e. The third-order valence-corrected chi connectivity index (χ3v) is 1.78. The van der Waals surface area contributed by atoms with E-state index in [1.54, 1.807) is 6.92 Å². The van der Waals surface area contributed by atoms with Crippen LogP contribution in [-0.4, -0.2) is 31.3 Å². The normalized spacial score (nSPS) is 12.1. The summed E-state index contributed by atoms with van der Waals surface area (Å²) in [5, 5.41) is 11.0. The molecule has 0 fully saturated rings. The molecule has 0 saturated carbocycles. The quantitative estimate of drug-likeness (QED) is 0.471. The fourth-order valence-corrected chi connectivity index (χ4v) is 0.911. The van der Waals surface area contributed by atoms with Gasteiger partial charge in [-0.2, -0.15) is 0 Å². The molecule has 0 aromatic carbocycles. The van der Waals surface area contributed by atoms with Gasteiger partial charge in [0.1, 0.15) is 0 Å². The maximum atomic E-state index is 10.4. The first-order valence-electron chi connectivity index (χ1n) is 4.30. The first kappa shape index (κ1) is 12.0. The van der Waals surface area contributed by atoms with Gasteiger partial charge in [-0.1, -0.05) is 13.3 Å². The van der Waals surface area contributed by atoms with Crippen LogP contribution in [0.25, 0.3) is 0 Å². The number of carboxylic acid groups (broad SMARTS) is 1. The lowest BCUT2D eigenvalue weighted by Gasteiger charge is -2.05. The van der Waals surface area contributed by atoms with Crippen molar-refractivity contribution < 1.29 is 14.7 Å². The summed E-state index contributed by atoms with van der Waals surface area (Å²) >= 11 is 0. The summed E-state index contributed by atoms with van der Waals surface area (Å²) in [7, 11) is 4.84. The van der Waals surface area contributed by atoms with Gasteiger partial charge in [0, 0.05) is 6.54 Å².